The Morgan fingerprint density at radius 1 is 0.690 bits per heavy atom. The molecule has 0 radical (unpaired) electrons. The molecule has 0 unspecified atom stereocenters. The Labute approximate surface area is 185 Å². The standard InChI is InChI=1S/C24H54N2O2Si/c1-9-13-14-15-22-29(27-11-3,28-12-4)23-24(10-2,18-16-20-25(5)6)19-17-21-26(7)8/h9-23H2,1-8H3. The molecule has 0 fully saturated rings. The Hall–Kier alpha value is 0.0569. The van der Waals surface area contributed by atoms with Crippen LogP contribution in [0.2, 0.25) is 12.1 Å². The molecule has 0 aromatic carbocycles. The zero-order valence-electron chi connectivity index (χ0n) is 21.3. The lowest BCUT2D eigenvalue weighted by atomic mass is 9.78. The second kappa shape index (κ2) is 16.7. The van der Waals surface area contributed by atoms with Crippen LogP contribution in [0.5, 0.6) is 0 Å². The van der Waals surface area contributed by atoms with Crippen molar-refractivity contribution in [3.63, 3.8) is 0 Å². The van der Waals surface area contributed by atoms with E-state index >= 15 is 0 Å². The third-order valence-electron chi connectivity index (χ3n) is 6.25. The first-order valence-electron chi connectivity index (χ1n) is 12.4. The zero-order chi connectivity index (χ0) is 22.2. The van der Waals surface area contributed by atoms with Gasteiger partial charge in [0.05, 0.1) is 0 Å². The number of hydrogen-bond donors (Lipinski definition) is 0. The van der Waals surface area contributed by atoms with Crippen LogP contribution in [0.3, 0.4) is 0 Å². The van der Waals surface area contributed by atoms with Gasteiger partial charge in [0.15, 0.2) is 0 Å². The highest BCUT2D eigenvalue weighted by Crippen LogP contribution is 2.44. The van der Waals surface area contributed by atoms with Crippen molar-refractivity contribution in [3.05, 3.63) is 0 Å². The number of unbranched alkanes of at least 4 members (excludes halogenated alkanes) is 3. The van der Waals surface area contributed by atoms with E-state index in [1.165, 1.54) is 76.9 Å². The average Bonchev–Trinajstić information content (AvgIpc) is 2.65. The van der Waals surface area contributed by atoms with Crippen LogP contribution < -0.4 is 0 Å². The molecule has 0 aliphatic rings. The van der Waals surface area contributed by atoms with Crippen molar-refractivity contribution < 1.29 is 8.85 Å². The number of nitrogens with zero attached hydrogens (tertiary/aromatic N) is 2. The Kier molecular flexibility index (Phi) is 16.7. The molecule has 0 bridgehead atoms. The van der Waals surface area contributed by atoms with Crippen molar-refractivity contribution in [2.24, 2.45) is 5.41 Å². The molecular formula is C24H54N2O2Si. The van der Waals surface area contributed by atoms with E-state index in [2.05, 4.69) is 65.7 Å². The van der Waals surface area contributed by atoms with Crippen LogP contribution in [-0.2, 0) is 8.85 Å². The minimum Gasteiger partial charge on any atom is -0.394 e. The van der Waals surface area contributed by atoms with Crippen molar-refractivity contribution in [1.29, 1.82) is 0 Å². The van der Waals surface area contributed by atoms with Crippen molar-refractivity contribution >= 4 is 8.56 Å². The maximum absolute atomic E-state index is 6.56. The van der Waals surface area contributed by atoms with Crippen molar-refractivity contribution in [2.75, 3.05) is 54.5 Å². The van der Waals surface area contributed by atoms with E-state index in [1.807, 2.05) is 0 Å². The maximum atomic E-state index is 6.56. The Bertz CT molecular complexity index is 358. The van der Waals surface area contributed by atoms with E-state index in [-0.39, 0.29) is 0 Å². The van der Waals surface area contributed by atoms with E-state index < -0.39 is 8.56 Å². The van der Waals surface area contributed by atoms with E-state index in [0.29, 0.717) is 5.41 Å². The van der Waals surface area contributed by atoms with E-state index in [4.69, 9.17) is 8.85 Å². The van der Waals surface area contributed by atoms with Gasteiger partial charge in [-0.05, 0) is 98.3 Å². The molecule has 0 heterocycles. The molecule has 0 N–H and O–H groups in total. The summed E-state index contributed by atoms with van der Waals surface area (Å²) in [5.41, 5.74) is 0.355. The summed E-state index contributed by atoms with van der Waals surface area (Å²) in [6.07, 6.45) is 11.5. The van der Waals surface area contributed by atoms with Gasteiger partial charge in [0.25, 0.3) is 0 Å². The monoisotopic (exact) mass is 430 g/mol. The molecule has 5 heteroatoms. The molecule has 0 rings (SSSR count). The van der Waals surface area contributed by atoms with Crippen molar-refractivity contribution in [3.8, 4) is 0 Å². The van der Waals surface area contributed by atoms with Crippen LogP contribution in [0.25, 0.3) is 0 Å². The molecule has 0 saturated heterocycles. The molecule has 0 aliphatic carbocycles. The van der Waals surface area contributed by atoms with Gasteiger partial charge < -0.3 is 18.7 Å². The molecule has 0 aromatic heterocycles. The minimum absolute atomic E-state index is 0.355. The van der Waals surface area contributed by atoms with Gasteiger partial charge in [-0.1, -0.05) is 46.0 Å². The largest absolute Gasteiger partial charge is 0.394 e. The predicted octanol–water partition coefficient (Wildman–Crippen LogP) is 6.16. The summed E-state index contributed by atoms with van der Waals surface area (Å²) in [5.74, 6) is 0. The predicted molar refractivity (Wildman–Crippen MR) is 131 cm³/mol. The number of hydrogen-bond acceptors (Lipinski definition) is 4. The fraction of sp³-hybridized carbons (Fsp3) is 1.00. The highest BCUT2D eigenvalue weighted by molar-refractivity contribution is 6.67. The van der Waals surface area contributed by atoms with E-state index in [1.54, 1.807) is 0 Å². The molecule has 0 saturated carbocycles. The van der Waals surface area contributed by atoms with Crippen LogP contribution in [0.4, 0.5) is 0 Å². The summed E-state index contributed by atoms with van der Waals surface area (Å²) in [4.78, 5) is 4.64. The first-order valence-corrected chi connectivity index (χ1v) is 14.6. The van der Waals surface area contributed by atoms with E-state index in [0.717, 1.165) is 19.3 Å². The maximum Gasteiger partial charge on any atom is 0.338 e. The molecule has 0 atom stereocenters. The lowest BCUT2D eigenvalue weighted by molar-refractivity contribution is 0.144. The van der Waals surface area contributed by atoms with Gasteiger partial charge in [0.1, 0.15) is 0 Å². The summed E-state index contributed by atoms with van der Waals surface area (Å²) in [7, 11) is 6.57. The van der Waals surface area contributed by atoms with Crippen LogP contribution in [0.1, 0.15) is 85.5 Å². The first-order chi connectivity index (χ1) is 13.8. The fourth-order valence-corrected chi connectivity index (χ4v) is 8.96. The summed E-state index contributed by atoms with van der Waals surface area (Å²) >= 11 is 0. The molecular weight excluding hydrogens is 376 g/mol. The summed E-state index contributed by atoms with van der Waals surface area (Å²) in [6, 6.07) is 2.34. The topological polar surface area (TPSA) is 24.9 Å². The Morgan fingerprint density at radius 3 is 1.59 bits per heavy atom. The highest BCUT2D eigenvalue weighted by Gasteiger charge is 2.44. The first kappa shape index (κ1) is 29.1. The second-order valence-electron chi connectivity index (χ2n) is 9.43. The quantitative estimate of drug-likeness (QED) is 0.170. The minimum atomic E-state index is -2.18. The van der Waals surface area contributed by atoms with Gasteiger partial charge in [0, 0.05) is 13.2 Å². The van der Waals surface area contributed by atoms with Gasteiger partial charge in [-0.25, -0.2) is 0 Å². The average molecular weight is 431 g/mol. The molecule has 0 aromatic rings. The third kappa shape index (κ3) is 13.2. The normalized spacial score (nSPS) is 13.0. The molecule has 0 amide bonds. The second-order valence-corrected chi connectivity index (χ2v) is 12.7. The molecule has 0 aliphatic heterocycles. The smallest absolute Gasteiger partial charge is 0.338 e. The molecule has 4 nitrogen and oxygen atoms in total. The summed E-state index contributed by atoms with van der Waals surface area (Å²) in [5, 5.41) is 0. The lowest BCUT2D eigenvalue weighted by Gasteiger charge is -2.41. The summed E-state index contributed by atoms with van der Waals surface area (Å²) in [6.45, 7) is 12.9. The van der Waals surface area contributed by atoms with Gasteiger partial charge in [-0.3, -0.25) is 0 Å². The highest BCUT2D eigenvalue weighted by atomic mass is 28.4. The molecule has 0 spiro atoms. The lowest BCUT2D eigenvalue weighted by Crippen LogP contribution is -2.47. The zero-order valence-corrected chi connectivity index (χ0v) is 22.3. The van der Waals surface area contributed by atoms with Crippen molar-refractivity contribution in [1.82, 2.24) is 9.80 Å². The van der Waals surface area contributed by atoms with E-state index in [9.17, 15) is 0 Å². The summed E-state index contributed by atoms with van der Waals surface area (Å²) < 4.78 is 13.1. The van der Waals surface area contributed by atoms with Gasteiger partial charge in [-0.2, -0.15) is 0 Å². The van der Waals surface area contributed by atoms with Gasteiger partial charge in [0.2, 0.25) is 0 Å². The fourth-order valence-electron chi connectivity index (χ4n) is 4.62. The van der Waals surface area contributed by atoms with Crippen molar-refractivity contribution in [2.45, 2.75) is 97.6 Å². The third-order valence-corrected chi connectivity index (χ3v) is 10.3. The van der Waals surface area contributed by atoms with Crippen LogP contribution in [0.15, 0.2) is 0 Å². The number of rotatable bonds is 20. The van der Waals surface area contributed by atoms with Gasteiger partial charge in [-0.15, -0.1) is 0 Å². The Balaban J connectivity index is 5.45. The molecule has 176 valence electrons. The SMILES string of the molecule is CCCCCC[Si](CC(CC)(CCCN(C)C)CCCN(C)C)(OCC)OCC. The van der Waals surface area contributed by atoms with Crippen LogP contribution in [-0.4, -0.2) is 72.9 Å². The van der Waals surface area contributed by atoms with Crippen LogP contribution in [0, 0.1) is 5.41 Å². The van der Waals surface area contributed by atoms with Gasteiger partial charge >= 0.3 is 8.56 Å². The van der Waals surface area contributed by atoms with Crippen LogP contribution >= 0.6 is 0 Å². The molecule has 29 heavy (non-hydrogen) atoms. The Morgan fingerprint density at radius 2 is 1.21 bits per heavy atom.